The first kappa shape index (κ1) is 19.0. The first-order chi connectivity index (χ1) is 12.8. The summed E-state index contributed by atoms with van der Waals surface area (Å²) in [5.74, 6) is 2.09. The molecular weight excluding hydrogens is 344 g/mol. The summed E-state index contributed by atoms with van der Waals surface area (Å²) in [4.78, 5) is 24.1. The van der Waals surface area contributed by atoms with Gasteiger partial charge in [0, 0.05) is 31.0 Å². The van der Waals surface area contributed by atoms with E-state index in [9.17, 15) is 9.59 Å². The van der Waals surface area contributed by atoms with Crippen LogP contribution in [0.25, 0.3) is 6.08 Å². The quantitative estimate of drug-likeness (QED) is 0.762. The number of rotatable bonds is 6. The molecule has 2 heterocycles. The van der Waals surface area contributed by atoms with Gasteiger partial charge in [-0.05, 0) is 43.0 Å². The molecule has 0 spiro atoms. The van der Waals surface area contributed by atoms with Gasteiger partial charge >= 0.3 is 0 Å². The standard InChI is InChI=1S/C21H26N2O4/c1-14-11-16-17(12-21(2,3)13-18(16)27-14)23-20(25)8-9-22-19(24)7-6-15-5-4-10-26-15/h4-7,10-11,17H,8-9,12-13H2,1-3H3,(H,22,24)(H,23,25)/b7-6+. The van der Waals surface area contributed by atoms with Crippen molar-refractivity contribution in [3.8, 4) is 0 Å². The molecule has 1 aliphatic carbocycles. The number of fused-ring (bicyclic) bond motifs is 1. The minimum Gasteiger partial charge on any atom is -0.466 e. The van der Waals surface area contributed by atoms with Gasteiger partial charge in [-0.3, -0.25) is 9.59 Å². The molecule has 0 radical (unpaired) electrons. The van der Waals surface area contributed by atoms with Crippen LogP contribution in [0.3, 0.4) is 0 Å². The Morgan fingerprint density at radius 1 is 1.37 bits per heavy atom. The Morgan fingerprint density at radius 2 is 2.19 bits per heavy atom. The lowest BCUT2D eigenvalue weighted by atomic mass is 9.74. The van der Waals surface area contributed by atoms with E-state index in [1.54, 1.807) is 24.5 Å². The Hall–Kier alpha value is -2.76. The summed E-state index contributed by atoms with van der Waals surface area (Å²) in [7, 11) is 0. The molecule has 0 fully saturated rings. The average molecular weight is 370 g/mol. The number of nitrogens with one attached hydrogen (secondary N) is 2. The Kier molecular flexibility index (Phi) is 5.54. The molecule has 1 atom stereocenters. The maximum Gasteiger partial charge on any atom is 0.244 e. The fraction of sp³-hybridized carbons (Fsp3) is 0.429. The van der Waals surface area contributed by atoms with Crippen molar-refractivity contribution >= 4 is 17.9 Å². The first-order valence-corrected chi connectivity index (χ1v) is 9.20. The smallest absolute Gasteiger partial charge is 0.244 e. The molecule has 0 aliphatic heterocycles. The van der Waals surface area contributed by atoms with Gasteiger partial charge in [-0.25, -0.2) is 0 Å². The maximum atomic E-state index is 12.3. The highest BCUT2D eigenvalue weighted by Crippen LogP contribution is 2.41. The minimum atomic E-state index is -0.259. The van der Waals surface area contributed by atoms with Gasteiger partial charge in [-0.1, -0.05) is 13.8 Å². The summed E-state index contributed by atoms with van der Waals surface area (Å²) in [5, 5.41) is 5.79. The van der Waals surface area contributed by atoms with Gasteiger partial charge in [0.15, 0.2) is 0 Å². The zero-order valence-electron chi connectivity index (χ0n) is 16.0. The predicted molar refractivity (Wildman–Crippen MR) is 102 cm³/mol. The third-order valence-corrected chi connectivity index (χ3v) is 4.66. The Labute approximate surface area is 159 Å². The van der Waals surface area contributed by atoms with Crippen molar-refractivity contribution in [2.45, 2.75) is 46.1 Å². The van der Waals surface area contributed by atoms with Gasteiger partial charge in [-0.15, -0.1) is 0 Å². The second-order valence-corrected chi connectivity index (χ2v) is 7.79. The molecule has 6 nitrogen and oxygen atoms in total. The van der Waals surface area contributed by atoms with E-state index < -0.39 is 0 Å². The van der Waals surface area contributed by atoms with E-state index in [0.717, 1.165) is 29.9 Å². The molecule has 2 N–H and O–H groups in total. The van der Waals surface area contributed by atoms with Crippen molar-refractivity contribution in [2.75, 3.05) is 6.54 Å². The van der Waals surface area contributed by atoms with Crippen LogP contribution in [0.15, 0.2) is 39.4 Å². The molecule has 2 aromatic heterocycles. The lowest BCUT2D eigenvalue weighted by Crippen LogP contribution is -2.37. The predicted octanol–water partition coefficient (Wildman–Crippen LogP) is 3.53. The number of carbonyl (C=O) groups is 2. The zero-order valence-corrected chi connectivity index (χ0v) is 16.0. The normalized spacial score (nSPS) is 18.3. The number of carbonyl (C=O) groups excluding carboxylic acids is 2. The van der Waals surface area contributed by atoms with Gasteiger partial charge < -0.3 is 19.5 Å². The van der Waals surface area contributed by atoms with E-state index in [1.165, 1.54) is 6.08 Å². The van der Waals surface area contributed by atoms with Crippen LogP contribution in [0, 0.1) is 12.3 Å². The average Bonchev–Trinajstić information content (AvgIpc) is 3.20. The second kappa shape index (κ2) is 7.86. The Bertz CT molecular complexity index is 830. The number of furan rings is 2. The van der Waals surface area contributed by atoms with Crippen LogP contribution < -0.4 is 10.6 Å². The van der Waals surface area contributed by atoms with Crippen LogP contribution in [-0.2, 0) is 16.0 Å². The molecule has 2 amide bonds. The summed E-state index contributed by atoms with van der Waals surface area (Å²) < 4.78 is 10.9. The van der Waals surface area contributed by atoms with Crippen LogP contribution in [0.1, 0.15) is 55.6 Å². The Balaban J connectivity index is 1.48. The number of hydrogen-bond acceptors (Lipinski definition) is 4. The zero-order chi connectivity index (χ0) is 19.4. The topological polar surface area (TPSA) is 84.5 Å². The summed E-state index contributed by atoms with van der Waals surface area (Å²) in [6.45, 7) is 6.56. The van der Waals surface area contributed by atoms with Gasteiger partial charge in [-0.2, -0.15) is 0 Å². The van der Waals surface area contributed by atoms with Gasteiger partial charge in [0.2, 0.25) is 11.8 Å². The summed E-state index contributed by atoms with van der Waals surface area (Å²) in [6.07, 6.45) is 6.48. The van der Waals surface area contributed by atoms with Crippen LogP contribution in [0.2, 0.25) is 0 Å². The highest BCUT2D eigenvalue weighted by Gasteiger charge is 2.35. The SMILES string of the molecule is Cc1cc2c(o1)CC(C)(C)CC2NC(=O)CCNC(=O)/C=C/c1ccco1. The highest BCUT2D eigenvalue weighted by molar-refractivity contribution is 5.91. The molecular formula is C21H26N2O4. The second-order valence-electron chi connectivity index (χ2n) is 7.79. The Morgan fingerprint density at radius 3 is 2.93 bits per heavy atom. The van der Waals surface area contributed by atoms with Crippen LogP contribution in [0.5, 0.6) is 0 Å². The van der Waals surface area contributed by atoms with Gasteiger partial charge in [0.1, 0.15) is 17.3 Å². The molecule has 1 aliphatic rings. The molecule has 0 saturated carbocycles. The highest BCUT2D eigenvalue weighted by atomic mass is 16.3. The fourth-order valence-corrected chi connectivity index (χ4v) is 3.48. The third kappa shape index (κ3) is 5.12. The molecule has 1 unspecified atom stereocenters. The number of hydrogen-bond donors (Lipinski definition) is 2. The van der Waals surface area contributed by atoms with E-state index in [1.807, 2.05) is 13.0 Å². The monoisotopic (exact) mass is 370 g/mol. The molecule has 3 rings (SSSR count). The van der Waals surface area contributed by atoms with E-state index in [-0.39, 0.29) is 36.2 Å². The number of aryl methyl sites for hydroxylation is 1. The van der Waals surface area contributed by atoms with E-state index >= 15 is 0 Å². The van der Waals surface area contributed by atoms with Crippen molar-refractivity contribution in [3.05, 3.63) is 53.4 Å². The van der Waals surface area contributed by atoms with Crippen molar-refractivity contribution in [1.82, 2.24) is 10.6 Å². The first-order valence-electron chi connectivity index (χ1n) is 9.20. The molecule has 0 aromatic carbocycles. The van der Waals surface area contributed by atoms with Crippen LogP contribution in [-0.4, -0.2) is 18.4 Å². The van der Waals surface area contributed by atoms with Gasteiger partial charge in [0.05, 0.1) is 12.3 Å². The molecule has 0 saturated heterocycles. The van der Waals surface area contributed by atoms with Crippen molar-refractivity contribution in [1.29, 1.82) is 0 Å². The minimum absolute atomic E-state index is 0.0525. The summed E-state index contributed by atoms with van der Waals surface area (Å²) >= 11 is 0. The fourth-order valence-electron chi connectivity index (χ4n) is 3.48. The molecule has 144 valence electrons. The van der Waals surface area contributed by atoms with Crippen molar-refractivity contribution in [2.24, 2.45) is 5.41 Å². The van der Waals surface area contributed by atoms with E-state index in [0.29, 0.717) is 5.76 Å². The summed E-state index contributed by atoms with van der Waals surface area (Å²) in [6, 6.07) is 5.47. The van der Waals surface area contributed by atoms with E-state index in [4.69, 9.17) is 8.83 Å². The molecule has 27 heavy (non-hydrogen) atoms. The molecule has 6 heteroatoms. The van der Waals surface area contributed by atoms with Gasteiger partial charge in [0.25, 0.3) is 0 Å². The lowest BCUT2D eigenvalue weighted by Gasteiger charge is -2.34. The number of amides is 2. The van der Waals surface area contributed by atoms with Crippen molar-refractivity contribution < 1.29 is 18.4 Å². The lowest BCUT2D eigenvalue weighted by molar-refractivity contribution is -0.122. The molecule has 2 aromatic rings. The summed E-state index contributed by atoms with van der Waals surface area (Å²) in [5.41, 5.74) is 1.14. The van der Waals surface area contributed by atoms with Crippen molar-refractivity contribution in [3.63, 3.8) is 0 Å². The molecule has 0 bridgehead atoms. The maximum absolute atomic E-state index is 12.3. The largest absolute Gasteiger partial charge is 0.466 e. The van der Waals surface area contributed by atoms with Crippen LogP contribution >= 0.6 is 0 Å². The van der Waals surface area contributed by atoms with E-state index in [2.05, 4.69) is 24.5 Å². The van der Waals surface area contributed by atoms with Crippen LogP contribution in [0.4, 0.5) is 0 Å². The third-order valence-electron chi connectivity index (χ3n) is 4.66.